The van der Waals surface area contributed by atoms with E-state index in [0.717, 1.165) is 10.9 Å². The molecule has 4 aromatic rings. The van der Waals surface area contributed by atoms with Gasteiger partial charge in [-0.1, -0.05) is 66.7 Å². The molecule has 3 aromatic carbocycles. The summed E-state index contributed by atoms with van der Waals surface area (Å²) in [5.41, 5.74) is -1.19. The molecule has 12 nitrogen and oxygen atoms in total. The molecule has 13 heteroatoms. The highest BCUT2D eigenvalue weighted by Gasteiger charge is 2.64. The van der Waals surface area contributed by atoms with Gasteiger partial charge in [-0.05, 0) is 29.9 Å². The van der Waals surface area contributed by atoms with Crippen molar-refractivity contribution in [2.45, 2.75) is 37.9 Å². The minimum absolute atomic E-state index is 0.0341. The maximum absolute atomic E-state index is 14.1. The molecule has 3 N–H and O–H groups in total. The van der Waals surface area contributed by atoms with Crippen molar-refractivity contribution >= 4 is 24.5 Å². The molecule has 1 aromatic heterocycles. The lowest BCUT2D eigenvalue weighted by molar-refractivity contribution is -0.143. The highest BCUT2D eigenvalue weighted by atomic mass is 31.2. The van der Waals surface area contributed by atoms with E-state index in [1.165, 1.54) is 16.8 Å². The van der Waals surface area contributed by atoms with Crippen molar-refractivity contribution in [1.29, 1.82) is 0 Å². The second-order valence-corrected chi connectivity index (χ2v) is 12.3. The number of H-pyrrole nitrogens is 1. The second-order valence-electron chi connectivity index (χ2n) is 10.6. The van der Waals surface area contributed by atoms with E-state index in [4.69, 9.17) is 18.5 Å². The van der Waals surface area contributed by atoms with Crippen LogP contribution in [0.3, 0.4) is 0 Å². The van der Waals surface area contributed by atoms with Gasteiger partial charge in [-0.2, -0.15) is 0 Å². The number of aliphatic hydroxyl groups excluding tert-OH is 1. The third-order valence-corrected chi connectivity index (χ3v) is 9.18. The predicted molar refractivity (Wildman–Crippen MR) is 155 cm³/mol. The minimum Gasteiger partial charge on any atom is -0.460 e. The fraction of sp³-hybridized carbons (Fsp3) is 0.300. The molecule has 1 unspecified atom stereocenters. The molecule has 1 saturated heterocycles. The smallest absolute Gasteiger partial charge is 0.459 e. The maximum atomic E-state index is 14.1. The molecule has 0 amide bonds. The first kappa shape index (κ1) is 29.0. The van der Waals surface area contributed by atoms with Crippen LogP contribution in [-0.4, -0.2) is 46.0 Å². The molecule has 1 aliphatic heterocycles. The quantitative estimate of drug-likeness (QED) is 0.171. The average molecular weight is 608 g/mol. The van der Waals surface area contributed by atoms with E-state index in [9.17, 15) is 24.1 Å². The standard InChI is InChI=1S/C30H30N3O9P/c34-25-13-16-33(29(37)32-25)28-30(14-15-30)27(36)24(41-28)19-40-43(38,31-17-26(35)39-18-20-7-2-1-3-8-20)42-23-12-6-10-21-9-4-5-11-22(21)23/h1-13,16,24,27-28,36H,14-15,17-19H2,(H,31,38)(H,32,34,37)/t24-,27-,28-,43?/m1/s1. The number of ether oxygens (including phenoxy) is 2. The van der Waals surface area contributed by atoms with Gasteiger partial charge in [-0.3, -0.25) is 23.7 Å². The zero-order chi connectivity index (χ0) is 30.0. The number of esters is 1. The summed E-state index contributed by atoms with van der Waals surface area (Å²) in [5, 5.41) is 15.3. The third kappa shape index (κ3) is 6.20. The summed E-state index contributed by atoms with van der Waals surface area (Å²) in [6.07, 6.45) is -0.424. The van der Waals surface area contributed by atoms with Crippen LogP contribution in [0.1, 0.15) is 24.6 Å². The van der Waals surface area contributed by atoms with Crippen LogP contribution < -0.4 is 20.9 Å². The number of fused-ring (bicyclic) bond motifs is 1. The van der Waals surface area contributed by atoms with Gasteiger partial charge < -0.3 is 19.1 Å². The largest absolute Gasteiger partial charge is 0.460 e. The number of nitrogens with one attached hydrogen (secondary N) is 2. The summed E-state index contributed by atoms with van der Waals surface area (Å²) < 4.78 is 38.4. The summed E-state index contributed by atoms with van der Waals surface area (Å²) in [6, 6.07) is 22.9. The molecule has 0 radical (unpaired) electrons. The number of hydrogen-bond acceptors (Lipinski definition) is 9. The summed E-state index contributed by atoms with van der Waals surface area (Å²) in [4.78, 5) is 38.8. The topological polar surface area (TPSA) is 158 Å². The van der Waals surface area contributed by atoms with E-state index in [1.54, 1.807) is 18.2 Å². The van der Waals surface area contributed by atoms with Crippen LogP contribution >= 0.6 is 7.75 Å². The second kappa shape index (κ2) is 11.9. The Labute approximate surface area is 245 Å². The van der Waals surface area contributed by atoms with Gasteiger partial charge >= 0.3 is 19.4 Å². The Morgan fingerprint density at radius 2 is 1.79 bits per heavy atom. The van der Waals surface area contributed by atoms with Crippen molar-refractivity contribution < 1.29 is 33.0 Å². The summed E-state index contributed by atoms with van der Waals surface area (Å²) >= 11 is 0. The number of aliphatic hydroxyl groups is 1. The molecule has 4 atom stereocenters. The van der Waals surface area contributed by atoms with Crippen LogP contribution in [0.5, 0.6) is 5.75 Å². The molecular weight excluding hydrogens is 577 g/mol. The van der Waals surface area contributed by atoms with Crippen LogP contribution in [-0.2, 0) is 30.0 Å². The lowest BCUT2D eigenvalue weighted by Gasteiger charge is -2.23. The normalized spacial score (nSPS) is 21.8. The number of aromatic amines is 1. The van der Waals surface area contributed by atoms with Crippen molar-refractivity contribution in [2.75, 3.05) is 13.2 Å². The molecule has 224 valence electrons. The highest BCUT2D eigenvalue weighted by molar-refractivity contribution is 7.52. The number of aromatic nitrogens is 2. The number of carbonyl (C=O) groups is 1. The SMILES string of the molecule is O=C(CNP(=O)(OC[C@H]1O[C@@H](n2ccc(=O)[nH]c2=O)C2(CC2)[C@@H]1O)Oc1cccc2ccccc12)OCc1ccccc1. The van der Waals surface area contributed by atoms with Crippen LogP contribution in [0.25, 0.3) is 10.8 Å². The number of benzene rings is 3. The zero-order valence-electron chi connectivity index (χ0n) is 23.0. The summed E-state index contributed by atoms with van der Waals surface area (Å²) in [5.74, 6) is -0.420. The van der Waals surface area contributed by atoms with Gasteiger partial charge in [0, 0.05) is 23.1 Å². The Bertz CT molecular complexity index is 1780. The first-order valence-electron chi connectivity index (χ1n) is 13.8. The Morgan fingerprint density at radius 1 is 1.05 bits per heavy atom. The average Bonchev–Trinajstić information content (AvgIpc) is 3.77. The van der Waals surface area contributed by atoms with Crippen molar-refractivity contribution in [2.24, 2.45) is 5.41 Å². The van der Waals surface area contributed by atoms with Crippen LogP contribution in [0, 0.1) is 5.41 Å². The van der Waals surface area contributed by atoms with Crippen molar-refractivity contribution in [3.05, 3.63) is 111 Å². The molecule has 2 aliphatic rings. The Morgan fingerprint density at radius 3 is 2.56 bits per heavy atom. The monoisotopic (exact) mass is 607 g/mol. The van der Waals surface area contributed by atoms with Crippen molar-refractivity contribution in [3.63, 3.8) is 0 Å². The molecule has 2 heterocycles. The Balaban J connectivity index is 1.19. The molecule has 1 saturated carbocycles. The van der Waals surface area contributed by atoms with Crippen LogP contribution in [0.4, 0.5) is 0 Å². The molecule has 6 rings (SSSR count). The van der Waals surface area contributed by atoms with Crippen molar-refractivity contribution in [3.8, 4) is 5.75 Å². The Kier molecular flexibility index (Phi) is 8.04. The number of carbonyl (C=O) groups excluding carboxylic acids is 1. The summed E-state index contributed by atoms with van der Waals surface area (Å²) in [7, 11) is -4.26. The third-order valence-electron chi connectivity index (χ3n) is 7.70. The molecule has 43 heavy (non-hydrogen) atoms. The van der Waals surface area contributed by atoms with Gasteiger partial charge in [0.25, 0.3) is 5.56 Å². The van der Waals surface area contributed by atoms with Gasteiger partial charge in [0.15, 0.2) is 0 Å². The lowest BCUT2D eigenvalue weighted by Crippen LogP contribution is -2.35. The maximum Gasteiger partial charge on any atom is 0.459 e. The van der Waals surface area contributed by atoms with E-state index in [2.05, 4.69) is 10.1 Å². The van der Waals surface area contributed by atoms with Gasteiger partial charge in [-0.15, -0.1) is 0 Å². The number of nitrogens with zero attached hydrogens (tertiary/aromatic N) is 1. The van der Waals surface area contributed by atoms with Gasteiger partial charge in [0.1, 0.15) is 31.2 Å². The van der Waals surface area contributed by atoms with Crippen molar-refractivity contribution in [1.82, 2.24) is 14.6 Å². The van der Waals surface area contributed by atoms with E-state index in [-0.39, 0.29) is 19.0 Å². The first-order chi connectivity index (χ1) is 20.8. The summed E-state index contributed by atoms with van der Waals surface area (Å²) in [6.45, 7) is -0.833. The van der Waals surface area contributed by atoms with E-state index in [0.29, 0.717) is 18.2 Å². The van der Waals surface area contributed by atoms with Gasteiger partial charge in [-0.25, -0.2) is 14.4 Å². The number of rotatable bonds is 11. The zero-order valence-corrected chi connectivity index (χ0v) is 23.9. The predicted octanol–water partition coefficient (Wildman–Crippen LogP) is 3.27. The van der Waals surface area contributed by atoms with Crippen LogP contribution in [0.2, 0.25) is 0 Å². The van der Waals surface area contributed by atoms with Crippen LogP contribution in [0.15, 0.2) is 94.6 Å². The van der Waals surface area contributed by atoms with Gasteiger partial charge in [0.2, 0.25) is 0 Å². The fourth-order valence-electron chi connectivity index (χ4n) is 5.29. The minimum atomic E-state index is -4.26. The van der Waals surface area contributed by atoms with Gasteiger partial charge in [0.05, 0.1) is 12.7 Å². The van der Waals surface area contributed by atoms with E-state index < -0.39 is 55.4 Å². The van der Waals surface area contributed by atoms with E-state index >= 15 is 0 Å². The fourth-order valence-corrected chi connectivity index (χ4v) is 6.59. The Hall–Kier alpha value is -4.06. The number of hydrogen-bond donors (Lipinski definition) is 3. The molecule has 2 fully saturated rings. The molecule has 0 bridgehead atoms. The first-order valence-corrected chi connectivity index (χ1v) is 15.3. The highest BCUT2D eigenvalue weighted by Crippen LogP contribution is 2.62. The molecular formula is C30H30N3O9P. The lowest BCUT2D eigenvalue weighted by atomic mass is 9.96. The molecule has 1 aliphatic carbocycles. The molecule has 1 spiro atoms. The van der Waals surface area contributed by atoms with E-state index in [1.807, 2.05) is 54.6 Å².